The molecule has 0 atom stereocenters. The van der Waals surface area contributed by atoms with Gasteiger partial charge in [0.15, 0.2) is 5.16 Å². The highest BCUT2D eigenvalue weighted by Gasteiger charge is 2.23. The molecule has 0 fully saturated rings. The van der Waals surface area contributed by atoms with E-state index in [9.17, 15) is 9.59 Å². The molecule has 0 aliphatic carbocycles. The Labute approximate surface area is 247 Å². The van der Waals surface area contributed by atoms with Crippen LogP contribution in [0.1, 0.15) is 42.0 Å². The standard InChI is InChI=1S/C29H31ClN4O4S2/c1-4-34-24(12-9-15-38-23-14-13-21(30)16-19(23)3)32-33-29(34)40-18-25(35)31-27-26(28(36)37-5-2)22(17-39-27)20-10-7-6-8-11-20/h6-8,10-11,13-14,16-17H,4-5,9,12,15,18H2,1-3H3,(H,31,35). The topological polar surface area (TPSA) is 95.3 Å². The van der Waals surface area contributed by atoms with E-state index in [2.05, 4.69) is 15.5 Å². The zero-order valence-corrected chi connectivity index (χ0v) is 25.0. The lowest BCUT2D eigenvalue weighted by atomic mass is 10.0. The van der Waals surface area contributed by atoms with E-state index < -0.39 is 5.97 Å². The molecule has 0 unspecified atom stereocenters. The fourth-order valence-electron chi connectivity index (χ4n) is 4.09. The summed E-state index contributed by atoms with van der Waals surface area (Å²) in [6, 6.07) is 15.1. The molecule has 210 valence electrons. The Hall–Kier alpha value is -3.34. The van der Waals surface area contributed by atoms with E-state index >= 15 is 0 Å². The quantitative estimate of drug-likeness (QED) is 0.101. The first-order valence-corrected chi connectivity index (χ1v) is 15.2. The molecule has 4 aromatic rings. The van der Waals surface area contributed by atoms with E-state index in [0.29, 0.717) is 40.3 Å². The van der Waals surface area contributed by atoms with Crippen molar-refractivity contribution in [2.24, 2.45) is 0 Å². The van der Waals surface area contributed by atoms with Crippen LogP contribution in [0.5, 0.6) is 5.75 Å². The SMILES string of the molecule is CCOC(=O)c1c(-c2ccccc2)csc1NC(=O)CSc1nnc(CCCOc2ccc(Cl)cc2C)n1CC. The van der Waals surface area contributed by atoms with E-state index in [1.54, 1.807) is 6.92 Å². The van der Waals surface area contributed by atoms with Gasteiger partial charge in [0.1, 0.15) is 22.1 Å². The van der Waals surface area contributed by atoms with E-state index in [1.165, 1.54) is 23.1 Å². The Morgan fingerprint density at radius 1 is 1.12 bits per heavy atom. The van der Waals surface area contributed by atoms with Crippen LogP contribution in [-0.2, 0) is 22.5 Å². The summed E-state index contributed by atoms with van der Waals surface area (Å²) in [6.45, 7) is 7.21. The normalized spacial score (nSPS) is 10.9. The number of nitrogens with zero attached hydrogens (tertiary/aromatic N) is 3. The second-order valence-corrected chi connectivity index (χ2v) is 11.0. The number of benzene rings is 2. The highest BCUT2D eigenvalue weighted by molar-refractivity contribution is 7.99. The number of esters is 1. The third kappa shape index (κ3) is 7.44. The summed E-state index contributed by atoms with van der Waals surface area (Å²) in [6.07, 6.45) is 1.46. The minimum atomic E-state index is -0.462. The molecule has 2 aromatic heterocycles. The number of aromatic nitrogens is 3. The number of anilines is 1. The Morgan fingerprint density at radius 3 is 2.65 bits per heavy atom. The zero-order valence-electron chi connectivity index (χ0n) is 22.6. The van der Waals surface area contributed by atoms with Crippen LogP contribution >= 0.6 is 34.7 Å². The van der Waals surface area contributed by atoms with Gasteiger partial charge >= 0.3 is 5.97 Å². The lowest BCUT2D eigenvalue weighted by Gasteiger charge is -2.10. The summed E-state index contributed by atoms with van der Waals surface area (Å²) in [4.78, 5) is 25.7. The molecular formula is C29H31ClN4O4S2. The van der Waals surface area contributed by atoms with Crippen molar-refractivity contribution < 1.29 is 19.1 Å². The first-order valence-electron chi connectivity index (χ1n) is 13.0. The maximum Gasteiger partial charge on any atom is 0.341 e. The Kier molecular flexibility index (Phi) is 10.6. The minimum Gasteiger partial charge on any atom is -0.493 e. The number of thioether (sulfide) groups is 1. The largest absolute Gasteiger partial charge is 0.493 e. The molecule has 0 saturated carbocycles. The first kappa shape index (κ1) is 29.6. The molecule has 40 heavy (non-hydrogen) atoms. The number of nitrogens with one attached hydrogen (secondary N) is 1. The molecule has 8 nitrogen and oxygen atoms in total. The number of ether oxygens (including phenoxy) is 2. The molecule has 1 amide bonds. The summed E-state index contributed by atoms with van der Waals surface area (Å²) in [5.74, 6) is 1.08. The van der Waals surface area contributed by atoms with Gasteiger partial charge in [-0.15, -0.1) is 21.5 Å². The number of aryl methyl sites for hydroxylation is 2. The van der Waals surface area contributed by atoms with Gasteiger partial charge in [0.25, 0.3) is 0 Å². The van der Waals surface area contributed by atoms with Crippen molar-refractivity contribution in [2.45, 2.75) is 45.3 Å². The van der Waals surface area contributed by atoms with Crippen LogP contribution in [-0.4, -0.2) is 45.6 Å². The molecule has 0 bridgehead atoms. The van der Waals surface area contributed by atoms with Crippen LogP contribution in [0.15, 0.2) is 59.1 Å². The predicted octanol–water partition coefficient (Wildman–Crippen LogP) is 6.91. The van der Waals surface area contributed by atoms with Crippen molar-refractivity contribution in [3.8, 4) is 16.9 Å². The first-order chi connectivity index (χ1) is 19.4. The number of amides is 1. The van der Waals surface area contributed by atoms with Crippen molar-refractivity contribution in [1.29, 1.82) is 0 Å². The third-order valence-electron chi connectivity index (χ3n) is 5.99. The smallest absolute Gasteiger partial charge is 0.341 e. The monoisotopic (exact) mass is 598 g/mol. The van der Waals surface area contributed by atoms with Crippen LogP contribution in [0.4, 0.5) is 5.00 Å². The van der Waals surface area contributed by atoms with E-state index in [-0.39, 0.29) is 18.3 Å². The third-order valence-corrected chi connectivity index (χ3v) is 8.09. The highest BCUT2D eigenvalue weighted by atomic mass is 35.5. The van der Waals surface area contributed by atoms with Crippen molar-refractivity contribution in [3.63, 3.8) is 0 Å². The molecular weight excluding hydrogens is 568 g/mol. The van der Waals surface area contributed by atoms with Gasteiger partial charge in [0.05, 0.1) is 19.0 Å². The van der Waals surface area contributed by atoms with Gasteiger partial charge in [-0.2, -0.15) is 0 Å². The van der Waals surface area contributed by atoms with Gasteiger partial charge in [0.2, 0.25) is 5.91 Å². The van der Waals surface area contributed by atoms with Gasteiger partial charge in [-0.05, 0) is 56.5 Å². The number of hydrogen-bond acceptors (Lipinski definition) is 8. The average Bonchev–Trinajstić information content (AvgIpc) is 3.55. The summed E-state index contributed by atoms with van der Waals surface area (Å²) in [5.41, 5.74) is 2.98. The fourth-order valence-corrected chi connectivity index (χ4v) is 6.12. The van der Waals surface area contributed by atoms with Crippen LogP contribution in [0.3, 0.4) is 0 Å². The molecule has 0 radical (unpaired) electrons. The summed E-state index contributed by atoms with van der Waals surface area (Å²) >= 11 is 8.63. The number of rotatable bonds is 13. The number of hydrogen-bond donors (Lipinski definition) is 1. The molecule has 0 saturated heterocycles. The number of halogens is 1. The molecule has 0 spiro atoms. The number of carbonyl (C=O) groups excluding carboxylic acids is 2. The molecule has 0 aliphatic heterocycles. The van der Waals surface area contributed by atoms with Crippen LogP contribution < -0.4 is 10.1 Å². The molecule has 2 aromatic carbocycles. The van der Waals surface area contributed by atoms with Gasteiger partial charge in [0, 0.05) is 28.9 Å². The van der Waals surface area contributed by atoms with Gasteiger partial charge in [-0.1, -0.05) is 53.7 Å². The van der Waals surface area contributed by atoms with Crippen molar-refractivity contribution in [3.05, 3.63) is 75.9 Å². The molecule has 4 rings (SSSR count). The van der Waals surface area contributed by atoms with E-state index in [0.717, 1.165) is 34.7 Å². The van der Waals surface area contributed by atoms with Crippen molar-refractivity contribution in [1.82, 2.24) is 14.8 Å². The van der Waals surface area contributed by atoms with Crippen LogP contribution in [0, 0.1) is 6.92 Å². The van der Waals surface area contributed by atoms with Gasteiger partial charge in [-0.25, -0.2) is 4.79 Å². The minimum absolute atomic E-state index is 0.123. The lowest BCUT2D eigenvalue weighted by Crippen LogP contribution is -2.17. The predicted molar refractivity (Wildman–Crippen MR) is 161 cm³/mol. The van der Waals surface area contributed by atoms with Gasteiger partial charge < -0.3 is 19.4 Å². The Bertz CT molecular complexity index is 1460. The highest BCUT2D eigenvalue weighted by Crippen LogP contribution is 2.36. The maximum atomic E-state index is 12.9. The molecule has 2 heterocycles. The fraction of sp³-hybridized carbons (Fsp3) is 0.310. The van der Waals surface area contributed by atoms with Crippen molar-refractivity contribution >= 4 is 51.6 Å². The van der Waals surface area contributed by atoms with Crippen LogP contribution in [0.2, 0.25) is 5.02 Å². The second kappa shape index (κ2) is 14.3. The Morgan fingerprint density at radius 2 is 1.93 bits per heavy atom. The number of carbonyl (C=O) groups is 2. The Balaban J connectivity index is 1.35. The second-order valence-electron chi connectivity index (χ2n) is 8.78. The maximum absolute atomic E-state index is 12.9. The van der Waals surface area contributed by atoms with Crippen LogP contribution in [0.25, 0.3) is 11.1 Å². The van der Waals surface area contributed by atoms with E-state index in [1.807, 2.05) is 72.3 Å². The lowest BCUT2D eigenvalue weighted by molar-refractivity contribution is -0.113. The summed E-state index contributed by atoms with van der Waals surface area (Å²) in [7, 11) is 0. The molecule has 11 heteroatoms. The number of thiophene rings is 1. The molecule has 1 N–H and O–H groups in total. The average molecular weight is 599 g/mol. The zero-order chi connectivity index (χ0) is 28.5. The summed E-state index contributed by atoms with van der Waals surface area (Å²) in [5, 5.41) is 15.2. The van der Waals surface area contributed by atoms with Gasteiger partial charge in [-0.3, -0.25) is 4.79 Å². The van der Waals surface area contributed by atoms with Crippen molar-refractivity contribution in [2.75, 3.05) is 24.3 Å². The van der Waals surface area contributed by atoms with E-state index in [4.69, 9.17) is 21.1 Å². The molecule has 0 aliphatic rings. The summed E-state index contributed by atoms with van der Waals surface area (Å²) < 4.78 is 13.2.